The summed E-state index contributed by atoms with van der Waals surface area (Å²) in [7, 11) is 0. The number of nitrogens with one attached hydrogen (secondary N) is 2. The van der Waals surface area contributed by atoms with E-state index in [2.05, 4.69) is 16.7 Å². The molecule has 2 N–H and O–H groups in total. The Morgan fingerprint density at radius 2 is 1.65 bits per heavy atom. The van der Waals surface area contributed by atoms with E-state index in [4.69, 9.17) is 0 Å². The van der Waals surface area contributed by atoms with Crippen LogP contribution in [0.5, 0.6) is 0 Å². The minimum atomic E-state index is -0.606. The zero-order valence-electron chi connectivity index (χ0n) is 17.8. The van der Waals surface area contributed by atoms with Gasteiger partial charge < -0.3 is 20.4 Å². The largest absolute Gasteiger partial charge is 0.344 e. The molecule has 3 amide bonds. The maximum absolute atomic E-state index is 13.1. The van der Waals surface area contributed by atoms with Crippen molar-refractivity contribution in [3.05, 3.63) is 70.8 Å². The van der Waals surface area contributed by atoms with Gasteiger partial charge in [-0.15, -0.1) is 0 Å². The van der Waals surface area contributed by atoms with E-state index in [0.717, 1.165) is 23.2 Å². The molecule has 4 rings (SSSR count). The zero-order valence-corrected chi connectivity index (χ0v) is 17.8. The molecule has 7 nitrogen and oxygen atoms in total. The van der Waals surface area contributed by atoms with Crippen molar-refractivity contribution in [3.8, 4) is 0 Å². The van der Waals surface area contributed by atoms with E-state index < -0.39 is 6.04 Å². The summed E-state index contributed by atoms with van der Waals surface area (Å²) in [6.07, 6.45) is 0.446. The van der Waals surface area contributed by atoms with Gasteiger partial charge in [0.25, 0.3) is 5.91 Å². The lowest BCUT2D eigenvalue weighted by Gasteiger charge is -2.36. The second-order valence-corrected chi connectivity index (χ2v) is 8.11. The maximum Gasteiger partial charge on any atom is 0.254 e. The predicted octanol–water partition coefficient (Wildman–Crippen LogP) is 1.32. The second-order valence-electron chi connectivity index (χ2n) is 8.11. The van der Waals surface area contributed by atoms with Gasteiger partial charge in [0, 0.05) is 58.2 Å². The molecule has 7 heteroatoms. The number of rotatable bonds is 5. The molecule has 0 aromatic heterocycles. The summed E-state index contributed by atoms with van der Waals surface area (Å²) in [5.74, 6) is -0.305. The van der Waals surface area contributed by atoms with E-state index in [1.807, 2.05) is 47.4 Å². The minimum absolute atomic E-state index is 0.0235. The molecule has 1 saturated heterocycles. The van der Waals surface area contributed by atoms with Crippen molar-refractivity contribution >= 4 is 17.7 Å². The summed E-state index contributed by atoms with van der Waals surface area (Å²) in [4.78, 5) is 41.5. The third kappa shape index (κ3) is 4.77. The lowest BCUT2D eigenvalue weighted by atomic mass is 10.0. The molecule has 2 aliphatic rings. The molecule has 2 aliphatic heterocycles. The highest BCUT2D eigenvalue weighted by atomic mass is 16.2. The molecular formula is C24H28N4O3. The molecule has 31 heavy (non-hydrogen) atoms. The van der Waals surface area contributed by atoms with Gasteiger partial charge in [0.2, 0.25) is 11.8 Å². The monoisotopic (exact) mass is 420 g/mol. The van der Waals surface area contributed by atoms with Gasteiger partial charge in [-0.1, -0.05) is 42.5 Å². The van der Waals surface area contributed by atoms with Gasteiger partial charge in [0.05, 0.1) is 0 Å². The summed E-state index contributed by atoms with van der Waals surface area (Å²) in [5, 5.41) is 6.09. The highest BCUT2D eigenvalue weighted by molar-refractivity contribution is 5.96. The minimum Gasteiger partial charge on any atom is -0.344 e. The molecular weight excluding hydrogens is 392 g/mol. The number of nitrogens with zero attached hydrogens (tertiary/aromatic N) is 2. The molecule has 0 spiro atoms. The van der Waals surface area contributed by atoms with Crippen molar-refractivity contribution < 1.29 is 14.4 Å². The van der Waals surface area contributed by atoms with Crippen LogP contribution in [-0.2, 0) is 29.1 Å². The Kier molecular flexibility index (Phi) is 6.32. The summed E-state index contributed by atoms with van der Waals surface area (Å²) >= 11 is 0. The van der Waals surface area contributed by atoms with Crippen LogP contribution in [0, 0.1) is 0 Å². The Morgan fingerprint density at radius 3 is 2.35 bits per heavy atom. The molecule has 0 radical (unpaired) electrons. The fourth-order valence-electron chi connectivity index (χ4n) is 4.35. The van der Waals surface area contributed by atoms with E-state index in [1.54, 1.807) is 4.90 Å². The summed E-state index contributed by atoms with van der Waals surface area (Å²) in [5.41, 5.74) is 4.01. The number of amides is 3. The average molecular weight is 421 g/mol. The van der Waals surface area contributed by atoms with E-state index in [9.17, 15) is 14.4 Å². The number of hydrogen-bond donors (Lipinski definition) is 2. The van der Waals surface area contributed by atoms with Crippen LogP contribution in [0.15, 0.2) is 48.5 Å². The van der Waals surface area contributed by atoms with Crippen LogP contribution in [0.25, 0.3) is 0 Å². The quantitative estimate of drug-likeness (QED) is 0.765. The van der Waals surface area contributed by atoms with E-state index >= 15 is 0 Å². The summed E-state index contributed by atoms with van der Waals surface area (Å²) in [6, 6.07) is 14.9. The predicted molar refractivity (Wildman–Crippen MR) is 117 cm³/mol. The lowest BCUT2D eigenvalue weighted by Crippen LogP contribution is -2.56. The van der Waals surface area contributed by atoms with Gasteiger partial charge >= 0.3 is 0 Å². The molecule has 0 bridgehead atoms. The Balaban J connectivity index is 1.40. The van der Waals surface area contributed by atoms with E-state index in [1.165, 1.54) is 12.5 Å². The normalized spacial score (nSPS) is 16.5. The van der Waals surface area contributed by atoms with E-state index in [0.29, 0.717) is 39.1 Å². The maximum atomic E-state index is 13.1. The average Bonchev–Trinajstić information content (AvgIpc) is 3.27. The van der Waals surface area contributed by atoms with E-state index in [-0.39, 0.29) is 17.7 Å². The standard InChI is InChI=1S/C24H28N4O3/c1-17(29)26-22(14-18-6-3-2-4-7-18)24(31)28-12-10-27(11-13-28)23(30)20-9-5-8-19-15-25-16-21(19)20/h2-9,22,25H,10-16H2,1H3,(H,26,29). The number of hydrogen-bond acceptors (Lipinski definition) is 4. The number of benzene rings is 2. The van der Waals surface area contributed by atoms with Crippen LogP contribution in [0.4, 0.5) is 0 Å². The van der Waals surface area contributed by atoms with Gasteiger partial charge in [0.15, 0.2) is 0 Å². The molecule has 2 aromatic rings. The number of carbonyl (C=O) groups is 3. The second kappa shape index (κ2) is 9.31. The van der Waals surface area contributed by atoms with Crippen molar-refractivity contribution in [2.75, 3.05) is 26.2 Å². The van der Waals surface area contributed by atoms with Gasteiger partial charge in [-0.25, -0.2) is 0 Å². The molecule has 2 heterocycles. The molecule has 162 valence electrons. The molecule has 1 atom stereocenters. The first kappa shape index (κ1) is 21.1. The number of fused-ring (bicyclic) bond motifs is 1. The summed E-state index contributed by atoms with van der Waals surface area (Å²) < 4.78 is 0. The van der Waals surface area contributed by atoms with Gasteiger partial charge in [-0.3, -0.25) is 14.4 Å². The topological polar surface area (TPSA) is 81.8 Å². The Morgan fingerprint density at radius 1 is 0.935 bits per heavy atom. The first-order valence-corrected chi connectivity index (χ1v) is 10.7. The zero-order chi connectivity index (χ0) is 21.8. The number of piperazine rings is 1. The van der Waals surface area contributed by atoms with Crippen molar-refractivity contribution in [2.24, 2.45) is 0 Å². The van der Waals surface area contributed by atoms with Crippen molar-refractivity contribution in [3.63, 3.8) is 0 Å². The molecule has 1 unspecified atom stereocenters. The van der Waals surface area contributed by atoms with Crippen LogP contribution in [0.1, 0.15) is 34.0 Å². The summed E-state index contributed by atoms with van der Waals surface area (Å²) in [6.45, 7) is 4.83. The first-order chi connectivity index (χ1) is 15.0. The van der Waals surface area contributed by atoms with Crippen molar-refractivity contribution in [1.82, 2.24) is 20.4 Å². The first-order valence-electron chi connectivity index (χ1n) is 10.7. The highest BCUT2D eigenvalue weighted by Crippen LogP contribution is 2.22. The van der Waals surface area contributed by atoms with Crippen molar-refractivity contribution in [2.45, 2.75) is 32.5 Å². The smallest absolute Gasteiger partial charge is 0.254 e. The van der Waals surface area contributed by atoms with Crippen LogP contribution < -0.4 is 10.6 Å². The van der Waals surface area contributed by atoms with Crippen LogP contribution in [0.2, 0.25) is 0 Å². The fraction of sp³-hybridized carbons (Fsp3) is 0.375. The molecule has 0 aliphatic carbocycles. The van der Waals surface area contributed by atoms with Gasteiger partial charge in [-0.05, 0) is 22.8 Å². The lowest BCUT2D eigenvalue weighted by molar-refractivity contribution is -0.137. The fourth-order valence-corrected chi connectivity index (χ4v) is 4.35. The Labute approximate surface area is 182 Å². The molecule has 0 saturated carbocycles. The van der Waals surface area contributed by atoms with Crippen molar-refractivity contribution in [1.29, 1.82) is 0 Å². The van der Waals surface area contributed by atoms with Crippen LogP contribution >= 0.6 is 0 Å². The Bertz CT molecular complexity index is 968. The third-order valence-corrected chi connectivity index (χ3v) is 5.96. The number of carbonyl (C=O) groups excluding carboxylic acids is 3. The third-order valence-electron chi connectivity index (χ3n) is 5.96. The van der Waals surface area contributed by atoms with Crippen LogP contribution in [0.3, 0.4) is 0 Å². The van der Waals surface area contributed by atoms with Crippen LogP contribution in [-0.4, -0.2) is 59.7 Å². The van der Waals surface area contributed by atoms with Gasteiger partial charge in [-0.2, -0.15) is 0 Å². The van der Waals surface area contributed by atoms with Gasteiger partial charge in [0.1, 0.15) is 6.04 Å². The SMILES string of the molecule is CC(=O)NC(Cc1ccccc1)C(=O)N1CCN(C(=O)c2cccc3c2CNC3)CC1. The highest BCUT2D eigenvalue weighted by Gasteiger charge is 2.31. The molecule has 1 fully saturated rings. The Hall–Kier alpha value is -3.19. The molecule has 2 aromatic carbocycles.